The molecule has 2 fully saturated rings. The summed E-state index contributed by atoms with van der Waals surface area (Å²) >= 11 is 0. The van der Waals surface area contributed by atoms with E-state index in [0.29, 0.717) is 18.8 Å². The summed E-state index contributed by atoms with van der Waals surface area (Å²) in [5.41, 5.74) is 1.79. The highest BCUT2D eigenvalue weighted by Crippen LogP contribution is 2.52. The largest absolute Gasteiger partial charge is 0.360 e. The molecule has 3 aliphatic rings. The van der Waals surface area contributed by atoms with Crippen molar-refractivity contribution in [2.75, 3.05) is 11.9 Å². The maximum Gasteiger partial charge on any atom is 0.231 e. The summed E-state index contributed by atoms with van der Waals surface area (Å²) in [5, 5.41) is 7.20. The molecule has 0 aliphatic carbocycles. The number of aromatic nitrogens is 2. The summed E-state index contributed by atoms with van der Waals surface area (Å²) in [5.74, 6) is -1.22. The minimum absolute atomic E-state index is 0.0150. The molecular weight excluding hydrogens is 356 g/mol. The van der Waals surface area contributed by atoms with E-state index in [2.05, 4.69) is 10.4 Å². The molecule has 4 atom stereocenters. The van der Waals surface area contributed by atoms with Crippen molar-refractivity contribution in [2.24, 2.45) is 18.9 Å². The number of hydrogen-bond acceptors (Lipinski definition) is 4. The van der Waals surface area contributed by atoms with Crippen LogP contribution >= 0.6 is 0 Å². The van der Waals surface area contributed by atoms with Crippen LogP contribution in [0.2, 0.25) is 0 Å². The van der Waals surface area contributed by atoms with Crippen molar-refractivity contribution in [3.05, 3.63) is 59.9 Å². The van der Waals surface area contributed by atoms with Crippen LogP contribution in [0.5, 0.6) is 0 Å². The molecule has 2 aromatic rings. The number of rotatable bonds is 4. The van der Waals surface area contributed by atoms with Gasteiger partial charge in [0.25, 0.3) is 0 Å². The highest BCUT2D eigenvalue weighted by molar-refractivity contribution is 5.99. The van der Waals surface area contributed by atoms with Gasteiger partial charge in [-0.05, 0) is 12.5 Å². The second kappa shape index (κ2) is 6.04. The van der Waals surface area contributed by atoms with Crippen LogP contribution < -0.4 is 5.32 Å². The molecule has 2 saturated heterocycles. The number of benzene rings is 1. The molecule has 1 aromatic heterocycles. The molecular formula is C21H22N4O3. The molecule has 1 N–H and O–H groups in total. The summed E-state index contributed by atoms with van der Waals surface area (Å²) < 4.78 is 7.83. The summed E-state index contributed by atoms with van der Waals surface area (Å²) in [7, 11) is 1.81. The van der Waals surface area contributed by atoms with Gasteiger partial charge < -0.3 is 15.0 Å². The maximum absolute atomic E-state index is 13.2. The molecule has 28 heavy (non-hydrogen) atoms. The van der Waals surface area contributed by atoms with Gasteiger partial charge in [-0.3, -0.25) is 14.3 Å². The first-order valence-corrected chi connectivity index (χ1v) is 9.48. The molecule has 4 heterocycles. The lowest BCUT2D eigenvalue weighted by Crippen LogP contribution is -2.41. The van der Waals surface area contributed by atoms with Gasteiger partial charge in [0.15, 0.2) is 0 Å². The zero-order valence-electron chi connectivity index (χ0n) is 15.8. The molecule has 3 aliphatic heterocycles. The normalized spacial score (nSPS) is 30.1. The Labute approximate surface area is 163 Å². The van der Waals surface area contributed by atoms with E-state index in [1.807, 2.05) is 61.4 Å². The number of aryl methyl sites for hydroxylation is 2. The number of amides is 2. The highest BCUT2D eigenvalue weighted by Gasteiger charge is 2.66. The van der Waals surface area contributed by atoms with Crippen LogP contribution in [-0.4, -0.2) is 44.7 Å². The smallest absolute Gasteiger partial charge is 0.231 e. The molecule has 5 rings (SSSR count). The summed E-state index contributed by atoms with van der Waals surface area (Å²) in [6.07, 6.45) is 5.32. The summed E-state index contributed by atoms with van der Waals surface area (Å²) in [4.78, 5) is 28.1. The van der Waals surface area contributed by atoms with Gasteiger partial charge in [0.05, 0.1) is 35.9 Å². The van der Waals surface area contributed by atoms with E-state index < -0.39 is 17.4 Å². The van der Waals surface area contributed by atoms with Crippen LogP contribution in [0, 0.1) is 18.8 Å². The molecule has 1 spiro atoms. The van der Waals surface area contributed by atoms with Crippen molar-refractivity contribution in [1.82, 2.24) is 14.7 Å². The van der Waals surface area contributed by atoms with Gasteiger partial charge >= 0.3 is 0 Å². The fourth-order valence-corrected chi connectivity index (χ4v) is 4.75. The van der Waals surface area contributed by atoms with Crippen LogP contribution in [0.3, 0.4) is 0 Å². The summed E-state index contributed by atoms with van der Waals surface area (Å²) in [6, 6.07) is 9.88. The lowest BCUT2D eigenvalue weighted by molar-refractivity contribution is -0.136. The minimum atomic E-state index is -0.692. The van der Waals surface area contributed by atoms with Crippen LogP contribution in [0.4, 0.5) is 5.69 Å². The Morgan fingerprint density at radius 2 is 2.14 bits per heavy atom. The van der Waals surface area contributed by atoms with Crippen LogP contribution in [0.15, 0.2) is 48.7 Å². The zero-order valence-corrected chi connectivity index (χ0v) is 15.8. The third-order valence-corrected chi connectivity index (χ3v) is 5.97. The average Bonchev–Trinajstić information content (AvgIpc) is 3.37. The van der Waals surface area contributed by atoms with E-state index in [1.165, 1.54) is 0 Å². The predicted molar refractivity (Wildman–Crippen MR) is 102 cm³/mol. The van der Waals surface area contributed by atoms with Gasteiger partial charge in [-0.15, -0.1) is 0 Å². The predicted octanol–water partition coefficient (Wildman–Crippen LogP) is 1.65. The molecule has 0 saturated carbocycles. The van der Waals surface area contributed by atoms with E-state index in [1.54, 1.807) is 10.9 Å². The van der Waals surface area contributed by atoms with E-state index in [9.17, 15) is 9.59 Å². The second-order valence-corrected chi connectivity index (χ2v) is 7.87. The molecule has 0 unspecified atom stereocenters. The highest BCUT2D eigenvalue weighted by atomic mass is 16.5. The van der Waals surface area contributed by atoms with Gasteiger partial charge in [-0.2, -0.15) is 5.10 Å². The standard InChI is InChI=1S/C21H22N4O3/c1-13-15(11-24(2)23-13)22-19(26)17-16-8-9-21(28-16)12-25(20(27)18(17)21)10-14-6-4-3-5-7-14/h3-9,11,16-18H,10,12H2,1-2H3,(H,22,26)/t16-,17+,18-,21-/m1/s1. The fourth-order valence-electron chi connectivity index (χ4n) is 4.75. The Bertz CT molecular complexity index is 983. The monoisotopic (exact) mass is 378 g/mol. The minimum Gasteiger partial charge on any atom is -0.360 e. The van der Waals surface area contributed by atoms with Crippen LogP contribution in [0.1, 0.15) is 11.3 Å². The number of hydrogen-bond donors (Lipinski definition) is 1. The number of anilines is 1. The number of likely N-dealkylation sites (tertiary alicyclic amines) is 1. The van der Waals surface area contributed by atoms with Gasteiger partial charge in [0.1, 0.15) is 5.60 Å². The molecule has 0 radical (unpaired) electrons. The zero-order chi connectivity index (χ0) is 19.5. The number of carbonyl (C=O) groups excluding carboxylic acids is 2. The SMILES string of the molecule is Cc1nn(C)cc1NC(=O)[C@H]1[C@H]2C=C[C@]3(CN(Cc4ccccc4)C(=O)[C@@H]13)O2. The van der Waals surface area contributed by atoms with Crippen LogP contribution in [0.25, 0.3) is 0 Å². The van der Waals surface area contributed by atoms with Crippen molar-refractivity contribution in [3.63, 3.8) is 0 Å². The Morgan fingerprint density at radius 3 is 2.86 bits per heavy atom. The van der Waals surface area contributed by atoms with Crippen molar-refractivity contribution < 1.29 is 14.3 Å². The molecule has 1 aromatic carbocycles. The number of nitrogens with zero attached hydrogens (tertiary/aromatic N) is 3. The van der Waals surface area contributed by atoms with Crippen molar-refractivity contribution in [3.8, 4) is 0 Å². The third-order valence-electron chi connectivity index (χ3n) is 5.97. The number of carbonyl (C=O) groups is 2. The molecule has 2 amide bonds. The van der Waals surface area contributed by atoms with Crippen molar-refractivity contribution in [2.45, 2.75) is 25.2 Å². The molecule has 7 nitrogen and oxygen atoms in total. The molecule has 7 heteroatoms. The quantitative estimate of drug-likeness (QED) is 0.821. The Hall–Kier alpha value is -2.93. The molecule has 144 valence electrons. The Balaban J connectivity index is 1.39. The number of fused-ring (bicyclic) bond motifs is 1. The van der Waals surface area contributed by atoms with E-state index in [-0.39, 0.29) is 17.9 Å². The first kappa shape index (κ1) is 17.2. The van der Waals surface area contributed by atoms with E-state index >= 15 is 0 Å². The maximum atomic E-state index is 13.2. The van der Waals surface area contributed by atoms with Gasteiger partial charge in [0, 0.05) is 19.8 Å². The second-order valence-electron chi connectivity index (χ2n) is 7.87. The topological polar surface area (TPSA) is 76.5 Å². The van der Waals surface area contributed by atoms with Gasteiger partial charge in [-0.1, -0.05) is 42.5 Å². The van der Waals surface area contributed by atoms with E-state index in [0.717, 1.165) is 11.3 Å². The lowest BCUT2D eigenvalue weighted by Gasteiger charge is -2.23. The first-order valence-electron chi connectivity index (χ1n) is 9.48. The number of nitrogens with one attached hydrogen (secondary N) is 1. The summed E-state index contributed by atoms with van der Waals surface area (Å²) in [6.45, 7) is 2.85. The van der Waals surface area contributed by atoms with Crippen molar-refractivity contribution >= 4 is 17.5 Å². The Kier molecular flexibility index (Phi) is 3.71. The average molecular weight is 378 g/mol. The van der Waals surface area contributed by atoms with Gasteiger partial charge in [0.2, 0.25) is 11.8 Å². The lowest BCUT2D eigenvalue weighted by atomic mass is 9.77. The molecule has 2 bridgehead atoms. The third kappa shape index (κ3) is 2.50. The van der Waals surface area contributed by atoms with Crippen LogP contribution in [-0.2, 0) is 27.9 Å². The fraction of sp³-hybridized carbons (Fsp3) is 0.381. The van der Waals surface area contributed by atoms with Crippen molar-refractivity contribution in [1.29, 1.82) is 0 Å². The van der Waals surface area contributed by atoms with E-state index in [4.69, 9.17) is 4.74 Å². The first-order chi connectivity index (χ1) is 13.5. The number of ether oxygens (including phenoxy) is 1. The Morgan fingerprint density at radius 1 is 1.36 bits per heavy atom. The van der Waals surface area contributed by atoms with Gasteiger partial charge in [-0.25, -0.2) is 0 Å².